The van der Waals surface area contributed by atoms with Gasteiger partial charge in [-0.3, -0.25) is 13.9 Å². The lowest BCUT2D eigenvalue weighted by Crippen LogP contribution is -2.34. The number of para-hydroxylation sites is 2. The number of nitrogens with two attached hydrogens (primary N) is 1. The highest BCUT2D eigenvalue weighted by molar-refractivity contribution is 5.83. The van der Waals surface area contributed by atoms with Crippen LogP contribution in [-0.4, -0.2) is 21.3 Å². The van der Waals surface area contributed by atoms with Crippen molar-refractivity contribution in [3.8, 4) is 0 Å². The van der Waals surface area contributed by atoms with Crippen LogP contribution in [0, 0.1) is 0 Å². The fourth-order valence-electron chi connectivity index (χ4n) is 2.24. The van der Waals surface area contributed by atoms with Crippen molar-refractivity contribution in [3.05, 3.63) is 34.7 Å². The van der Waals surface area contributed by atoms with Gasteiger partial charge in [0.05, 0.1) is 11.0 Å². The Balaban J connectivity index is 2.65. The van der Waals surface area contributed by atoms with Gasteiger partial charge in [0.2, 0.25) is 5.91 Å². The minimum atomic E-state index is -0.802. The molecule has 0 saturated heterocycles. The van der Waals surface area contributed by atoms with Crippen LogP contribution in [0.15, 0.2) is 29.1 Å². The molecule has 1 amide bonds. The number of fused-ring (bicyclic) bond motifs is 1. The van der Waals surface area contributed by atoms with Gasteiger partial charge in [0.1, 0.15) is 12.3 Å². The minimum Gasteiger partial charge on any atom is -0.368 e. The third kappa shape index (κ3) is 2.16. The van der Waals surface area contributed by atoms with E-state index in [0.29, 0.717) is 11.8 Å². The van der Waals surface area contributed by atoms with Crippen LogP contribution in [0.1, 0.15) is 18.9 Å². The lowest BCUT2D eigenvalue weighted by atomic mass is 10.1. The van der Waals surface area contributed by atoms with E-state index in [2.05, 4.69) is 0 Å². The molecule has 0 aliphatic heterocycles. The zero-order valence-corrected chi connectivity index (χ0v) is 10.6. The van der Waals surface area contributed by atoms with E-state index in [-0.39, 0.29) is 18.5 Å². The number of imidazole rings is 1. The van der Waals surface area contributed by atoms with E-state index in [1.165, 1.54) is 9.13 Å². The van der Waals surface area contributed by atoms with Crippen molar-refractivity contribution in [2.75, 3.05) is 0 Å². The Kier molecular flexibility index (Phi) is 3.50. The van der Waals surface area contributed by atoms with Gasteiger partial charge in [0.25, 0.3) is 0 Å². The van der Waals surface area contributed by atoms with Crippen molar-refractivity contribution in [1.29, 1.82) is 0 Å². The summed E-state index contributed by atoms with van der Waals surface area (Å²) in [6, 6.07) is 6.36. The molecule has 0 bridgehead atoms. The molecule has 2 aromatic rings. The molecule has 0 aliphatic rings. The molecule has 1 aromatic heterocycles. The van der Waals surface area contributed by atoms with Gasteiger partial charge < -0.3 is 10.5 Å². The molecule has 2 N–H and O–H groups in total. The molecule has 1 unspecified atom stereocenters. The number of amides is 1. The van der Waals surface area contributed by atoms with E-state index in [0.717, 1.165) is 5.52 Å². The Morgan fingerprint density at radius 2 is 2.00 bits per heavy atom. The van der Waals surface area contributed by atoms with Crippen molar-refractivity contribution in [3.63, 3.8) is 0 Å². The summed E-state index contributed by atoms with van der Waals surface area (Å²) < 4.78 is 2.83. The summed E-state index contributed by atoms with van der Waals surface area (Å²) in [4.78, 5) is 34.2. The molecule has 6 nitrogen and oxygen atoms in total. The number of carbonyl (C=O) groups excluding carboxylic acids is 2. The molecule has 100 valence electrons. The van der Waals surface area contributed by atoms with Crippen molar-refractivity contribution in [2.45, 2.75) is 18.9 Å². The Labute approximate surface area is 109 Å². The number of aryl methyl sites for hydroxylation is 1. The van der Waals surface area contributed by atoms with Crippen LogP contribution in [0.4, 0.5) is 0 Å². The fraction of sp³-hybridized carbons (Fsp3) is 0.308. The number of hydrogen-bond donors (Lipinski definition) is 1. The molecule has 2 rings (SSSR count). The maximum Gasteiger partial charge on any atom is 0.329 e. The summed E-state index contributed by atoms with van der Waals surface area (Å²) in [5.74, 6) is -0.611. The first-order chi connectivity index (χ1) is 9.07. The molecule has 1 atom stereocenters. The molecule has 0 spiro atoms. The molecule has 0 saturated carbocycles. The van der Waals surface area contributed by atoms with Crippen LogP contribution >= 0.6 is 0 Å². The predicted molar refractivity (Wildman–Crippen MR) is 70.7 cm³/mol. The number of rotatable bonds is 5. The lowest BCUT2D eigenvalue weighted by molar-refractivity contribution is -0.121. The van der Waals surface area contributed by atoms with Crippen molar-refractivity contribution < 1.29 is 9.59 Å². The predicted octanol–water partition coefficient (Wildman–Crippen LogP) is 0.346. The maximum absolute atomic E-state index is 12.2. The largest absolute Gasteiger partial charge is 0.368 e. The Morgan fingerprint density at radius 1 is 1.37 bits per heavy atom. The van der Waals surface area contributed by atoms with Crippen LogP contribution in [0.5, 0.6) is 0 Å². The summed E-state index contributed by atoms with van der Waals surface area (Å²) in [6.07, 6.45) is 1.13. The third-order valence-electron chi connectivity index (χ3n) is 3.19. The number of benzene rings is 1. The van der Waals surface area contributed by atoms with Crippen molar-refractivity contribution >= 4 is 23.2 Å². The monoisotopic (exact) mass is 261 g/mol. The molecular formula is C13H15N3O3. The highest BCUT2D eigenvalue weighted by Crippen LogP contribution is 2.19. The molecule has 0 aliphatic carbocycles. The Morgan fingerprint density at radius 3 is 2.58 bits per heavy atom. The Hall–Kier alpha value is -2.37. The summed E-state index contributed by atoms with van der Waals surface area (Å²) in [5.41, 5.74) is 6.42. The van der Waals surface area contributed by atoms with Gasteiger partial charge in [-0.2, -0.15) is 0 Å². The van der Waals surface area contributed by atoms with Gasteiger partial charge in [0.15, 0.2) is 0 Å². The summed E-state index contributed by atoms with van der Waals surface area (Å²) in [5, 5.41) is 0. The van der Waals surface area contributed by atoms with Gasteiger partial charge >= 0.3 is 5.69 Å². The van der Waals surface area contributed by atoms with Gasteiger partial charge in [-0.05, 0) is 18.6 Å². The second-order valence-electron chi connectivity index (χ2n) is 4.36. The highest BCUT2D eigenvalue weighted by atomic mass is 16.2. The van der Waals surface area contributed by atoms with Crippen LogP contribution in [0.25, 0.3) is 11.0 Å². The fourth-order valence-corrected chi connectivity index (χ4v) is 2.24. The normalized spacial score (nSPS) is 12.5. The number of aldehydes is 1. The van der Waals surface area contributed by atoms with Gasteiger partial charge in [0, 0.05) is 13.5 Å². The summed E-state index contributed by atoms with van der Waals surface area (Å²) in [6.45, 7) is 0. The van der Waals surface area contributed by atoms with Gasteiger partial charge in [-0.15, -0.1) is 0 Å². The molecule has 1 aromatic carbocycles. The minimum absolute atomic E-state index is 0.184. The first kappa shape index (κ1) is 13.1. The second-order valence-corrected chi connectivity index (χ2v) is 4.36. The van der Waals surface area contributed by atoms with Crippen LogP contribution in [0.3, 0.4) is 0 Å². The molecule has 1 heterocycles. The second kappa shape index (κ2) is 5.09. The average molecular weight is 261 g/mol. The van der Waals surface area contributed by atoms with Gasteiger partial charge in [-0.1, -0.05) is 12.1 Å². The summed E-state index contributed by atoms with van der Waals surface area (Å²) in [7, 11) is 1.64. The Bertz CT molecular complexity index is 684. The molecule has 19 heavy (non-hydrogen) atoms. The molecule has 6 heteroatoms. The quantitative estimate of drug-likeness (QED) is 0.787. The van der Waals surface area contributed by atoms with Gasteiger partial charge in [-0.25, -0.2) is 4.79 Å². The third-order valence-corrected chi connectivity index (χ3v) is 3.19. The molecule has 0 fully saturated rings. The van der Waals surface area contributed by atoms with E-state index in [9.17, 15) is 14.4 Å². The number of carbonyl (C=O) groups is 2. The first-order valence-electron chi connectivity index (χ1n) is 5.96. The van der Waals surface area contributed by atoms with Crippen LogP contribution in [-0.2, 0) is 16.6 Å². The number of aromatic nitrogens is 2. The number of primary amides is 1. The first-order valence-corrected chi connectivity index (χ1v) is 5.96. The maximum atomic E-state index is 12.2. The van der Waals surface area contributed by atoms with E-state index in [1.807, 2.05) is 6.07 Å². The molecular weight excluding hydrogens is 246 g/mol. The smallest absolute Gasteiger partial charge is 0.329 e. The highest BCUT2D eigenvalue weighted by Gasteiger charge is 2.23. The van der Waals surface area contributed by atoms with E-state index >= 15 is 0 Å². The zero-order chi connectivity index (χ0) is 14.0. The lowest BCUT2D eigenvalue weighted by Gasteiger charge is -2.13. The SMILES string of the molecule is Cn1c(=O)n(C(CCC=O)C(N)=O)c2ccccc21. The molecule has 0 radical (unpaired) electrons. The average Bonchev–Trinajstić information content (AvgIpc) is 2.64. The van der Waals surface area contributed by atoms with E-state index in [4.69, 9.17) is 5.73 Å². The van der Waals surface area contributed by atoms with Crippen LogP contribution in [0.2, 0.25) is 0 Å². The van der Waals surface area contributed by atoms with Crippen LogP contribution < -0.4 is 11.4 Å². The van der Waals surface area contributed by atoms with E-state index in [1.54, 1.807) is 25.2 Å². The van der Waals surface area contributed by atoms with Crippen molar-refractivity contribution in [2.24, 2.45) is 12.8 Å². The standard InChI is InChI=1S/C13H15N3O3/c1-15-9-5-2-3-6-10(9)16(13(15)19)11(12(14)18)7-4-8-17/h2-3,5-6,8,11H,4,7H2,1H3,(H2,14,18). The van der Waals surface area contributed by atoms with E-state index < -0.39 is 11.9 Å². The number of hydrogen-bond acceptors (Lipinski definition) is 3. The topological polar surface area (TPSA) is 87.1 Å². The number of nitrogens with zero attached hydrogens (tertiary/aromatic N) is 2. The summed E-state index contributed by atoms with van der Waals surface area (Å²) >= 11 is 0. The zero-order valence-electron chi connectivity index (χ0n) is 10.6. The van der Waals surface area contributed by atoms with Crippen molar-refractivity contribution in [1.82, 2.24) is 9.13 Å².